The molecule has 0 bridgehead atoms. The molecule has 2 unspecified atom stereocenters. The number of fused-ring (bicyclic) bond motifs is 1. The van der Waals surface area contributed by atoms with Gasteiger partial charge >= 0.3 is 0 Å². The molecule has 8 nitrogen and oxygen atoms in total. The van der Waals surface area contributed by atoms with E-state index in [1.165, 1.54) is 0 Å². The number of aliphatic hydroxyl groups is 1. The van der Waals surface area contributed by atoms with Crippen molar-refractivity contribution in [2.75, 3.05) is 5.32 Å². The van der Waals surface area contributed by atoms with Gasteiger partial charge in [-0.05, 0) is 37.1 Å². The number of carbonyl (C=O) groups is 1. The lowest BCUT2D eigenvalue weighted by Crippen LogP contribution is -2.15. The van der Waals surface area contributed by atoms with E-state index in [1.54, 1.807) is 16.8 Å². The summed E-state index contributed by atoms with van der Waals surface area (Å²) in [6.07, 6.45) is 3.60. The molecule has 3 heterocycles. The molecule has 0 aliphatic heterocycles. The summed E-state index contributed by atoms with van der Waals surface area (Å²) < 4.78 is 6.99. The number of aromatic nitrogens is 4. The van der Waals surface area contributed by atoms with Crippen LogP contribution in [0, 0.1) is 6.92 Å². The molecule has 8 heteroatoms. The van der Waals surface area contributed by atoms with Gasteiger partial charge in [0.2, 0.25) is 11.7 Å². The Hall–Kier alpha value is -3.52. The van der Waals surface area contributed by atoms with Crippen LogP contribution < -0.4 is 5.32 Å². The number of aryl methyl sites for hydroxylation is 1. The Morgan fingerprint density at radius 1 is 1.32 bits per heavy atom. The van der Waals surface area contributed by atoms with Crippen LogP contribution in [0.2, 0.25) is 0 Å². The van der Waals surface area contributed by atoms with E-state index in [2.05, 4.69) is 20.4 Å². The number of hydrogen-bond donors (Lipinski definition) is 2. The summed E-state index contributed by atoms with van der Waals surface area (Å²) in [5, 5.41) is 16.5. The van der Waals surface area contributed by atoms with Gasteiger partial charge in [-0.25, -0.2) is 4.98 Å². The van der Waals surface area contributed by atoms with E-state index in [1.807, 2.05) is 43.3 Å². The summed E-state index contributed by atoms with van der Waals surface area (Å²) in [6.45, 7) is 1.91. The van der Waals surface area contributed by atoms with Crippen LogP contribution in [-0.4, -0.2) is 36.6 Å². The lowest BCUT2D eigenvalue weighted by molar-refractivity contribution is 0.102. The van der Waals surface area contributed by atoms with Gasteiger partial charge in [-0.15, -0.1) is 0 Å². The molecule has 0 saturated heterocycles. The maximum atomic E-state index is 12.8. The summed E-state index contributed by atoms with van der Waals surface area (Å²) in [6, 6.07) is 11.1. The lowest BCUT2D eigenvalue weighted by Gasteiger charge is -2.09. The van der Waals surface area contributed by atoms with E-state index in [9.17, 15) is 9.90 Å². The Labute approximate surface area is 159 Å². The van der Waals surface area contributed by atoms with Crippen molar-refractivity contribution >= 4 is 17.2 Å². The van der Waals surface area contributed by atoms with Gasteiger partial charge in [0.25, 0.3) is 5.91 Å². The quantitative estimate of drug-likeness (QED) is 0.568. The van der Waals surface area contributed by atoms with Gasteiger partial charge in [0.05, 0.1) is 18.2 Å². The van der Waals surface area contributed by atoms with Crippen LogP contribution in [-0.2, 0) is 0 Å². The highest BCUT2D eigenvalue weighted by atomic mass is 16.5. The minimum absolute atomic E-state index is 0.0685. The predicted molar refractivity (Wildman–Crippen MR) is 101 cm³/mol. The molecule has 1 aliphatic carbocycles. The highest BCUT2D eigenvalue weighted by molar-refractivity contribution is 6.04. The number of hydrogen-bond acceptors (Lipinski definition) is 6. The summed E-state index contributed by atoms with van der Waals surface area (Å²) >= 11 is 0. The van der Waals surface area contributed by atoms with Crippen LogP contribution >= 0.6 is 0 Å². The van der Waals surface area contributed by atoms with E-state index >= 15 is 0 Å². The zero-order valence-corrected chi connectivity index (χ0v) is 15.0. The van der Waals surface area contributed by atoms with Gasteiger partial charge in [0.1, 0.15) is 11.3 Å². The predicted octanol–water partition coefficient (Wildman–Crippen LogP) is 2.79. The third-order valence-corrected chi connectivity index (χ3v) is 4.91. The standard InChI is InChI=1S/C20H17N5O3/c1-11-5-6-12(18-23-20(28-24-18)13-9-16(13)26)8-14(11)22-19(27)15-10-21-17-4-2-3-7-25(15)17/h2-8,10,13,16,26H,9H2,1H3,(H,22,27). The second-order valence-corrected chi connectivity index (χ2v) is 6.92. The van der Waals surface area contributed by atoms with E-state index < -0.39 is 6.10 Å². The number of carbonyl (C=O) groups excluding carboxylic acids is 1. The Bertz CT molecular complexity index is 1200. The van der Waals surface area contributed by atoms with Gasteiger partial charge in [0, 0.05) is 17.4 Å². The smallest absolute Gasteiger partial charge is 0.274 e. The molecule has 3 aromatic heterocycles. The Kier molecular flexibility index (Phi) is 3.73. The Balaban J connectivity index is 1.43. The molecule has 0 spiro atoms. The van der Waals surface area contributed by atoms with Crippen molar-refractivity contribution in [3.63, 3.8) is 0 Å². The average Bonchev–Trinajstić information content (AvgIpc) is 3.12. The molecule has 1 amide bonds. The molecule has 0 radical (unpaired) electrons. The number of rotatable bonds is 4. The molecule has 1 aromatic carbocycles. The molecular weight excluding hydrogens is 358 g/mol. The molecule has 1 fully saturated rings. The van der Waals surface area contributed by atoms with E-state index in [0.717, 1.165) is 11.1 Å². The van der Waals surface area contributed by atoms with Crippen LogP contribution in [0.1, 0.15) is 34.3 Å². The number of benzene rings is 1. The van der Waals surface area contributed by atoms with Crippen molar-refractivity contribution in [2.24, 2.45) is 0 Å². The Morgan fingerprint density at radius 3 is 3.00 bits per heavy atom. The van der Waals surface area contributed by atoms with E-state index in [0.29, 0.717) is 35.2 Å². The minimum atomic E-state index is -0.397. The first-order chi connectivity index (χ1) is 13.6. The molecule has 4 aromatic rings. The van der Waals surface area contributed by atoms with Gasteiger partial charge < -0.3 is 14.9 Å². The van der Waals surface area contributed by atoms with Crippen LogP contribution in [0.15, 0.2) is 53.3 Å². The number of anilines is 1. The fraction of sp³-hybridized carbons (Fsp3) is 0.200. The third-order valence-electron chi connectivity index (χ3n) is 4.91. The molecule has 1 saturated carbocycles. The third kappa shape index (κ3) is 2.84. The summed E-state index contributed by atoms with van der Waals surface area (Å²) in [5.74, 6) is 0.550. The highest BCUT2D eigenvalue weighted by Crippen LogP contribution is 2.40. The average molecular weight is 375 g/mol. The van der Waals surface area contributed by atoms with Crippen molar-refractivity contribution in [2.45, 2.75) is 25.4 Å². The first kappa shape index (κ1) is 16.6. The molecule has 1 aliphatic rings. The monoisotopic (exact) mass is 375 g/mol. The van der Waals surface area contributed by atoms with Crippen LogP contribution in [0.4, 0.5) is 5.69 Å². The largest absolute Gasteiger partial charge is 0.392 e. The van der Waals surface area contributed by atoms with E-state index in [-0.39, 0.29) is 11.8 Å². The van der Waals surface area contributed by atoms with Crippen molar-refractivity contribution in [1.29, 1.82) is 0 Å². The SMILES string of the molecule is Cc1ccc(-c2noc(C3CC3O)n2)cc1NC(=O)c1cnc2ccccn12. The molecule has 2 atom stereocenters. The maximum absolute atomic E-state index is 12.8. The second kappa shape index (κ2) is 6.28. The van der Waals surface area contributed by atoms with Crippen LogP contribution in [0.3, 0.4) is 0 Å². The second-order valence-electron chi connectivity index (χ2n) is 6.92. The van der Waals surface area contributed by atoms with Crippen molar-refractivity contribution < 1.29 is 14.4 Å². The van der Waals surface area contributed by atoms with E-state index in [4.69, 9.17) is 4.52 Å². The van der Waals surface area contributed by atoms with Gasteiger partial charge in [-0.1, -0.05) is 23.4 Å². The molecule has 28 heavy (non-hydrogen) atoms. The number of amides is 1. The fourth-order valence-corrected chi connectivity index (χ4v) is 3.13. The number of nitrogens with one attached hydrogen (secondary N) is 1. The Morgan fingerprint density at radius 2 is 2.18 bits per heavy atom. The zero-order valence-electron chi connectivity index (χ0n) is 15.0. The topological polar surface area (TPSA) is 106 Å². The number of pyridine rings is 1. The van der Waals surface area contributed by atoms with Gasteiger partial charge in [-0.2, -0.15) is 4.98 Å². The number of nitrogens with zero attached hydrogens (tertiary/aromatic N) is 4. The summed E-state index contributed by atoms with van der Waals surface area (Å²) in [4.78, 5) is 21.4. The van der Waals surface area contributed by atoms with Crippen molar-refractivity contribution in [1.82, 2.24) is 19.5 Å². The van der Waals surface area contributed by atoms with Crippen molar-refractivity contribution in [3.8, 4) is 11.4 Å². The summed E-state index contributed by atoms with van der Waals surface area (Å²) in [5.41, 5.74) is 3.45. The highest BCUT2D eigenvalue weighted by Gasteiger charge is 2.41. The van der Waals surface area contributed by atoms with Crippen LogP contribution in [0.5, 0.6) is 0 Å². The van der Waals surface area contributed by atoms with Crippen molar-refractivity contribution in [3.05, 3.63) is 65.9 Å². The first-order valence-electron chi connectivity index (χ1n) is 8.96. The number of imidazole rings is 1. The molecule has 140 valence electrons. The molecular formula is C20H17N5O3. The van der Waals surface area contributed by atoms with Gasteiger partial charge in [0.15, 0.2) is 0 Å². The normalized spacial score (nSPS) is 18.4. The fourth-order valence-electron chi connectivity index (χ4n) is 3.13. The summed E-state index contributed by atoms with van der Waals surface area (Å²) in [7, 11) is 0. The first-order valence-corrected chi connectivity index (χ1v) is 8.96. The van der Waals surface area contributed by atoms with Crippen LogP contribution in [0.25, 0.3) is 17.0 Å². The minimum Gasteiger partial charge on any atom is -0.392 e. The number of aliphatic hydroxyl groups excluding tert-OH is 1. The molecule has 5 rings (SSSR count). The lowest BCUT2D eigenvalue weighted by atomic mass is 10.1. The maximum Gasteiger partial charge on any atom is 0.274 e. The zero-order chi connectivity index (χ0) is 19.3. The van der Waals surface area contributed by atoms with Gasteiger partial charge in [-0.3, -0.25) is 9.20 Å². The molecule has 2 N–H and O–H groups in total.